The Morgan fingerprint density at radius 2 is 0.538 bits per heavy atom. The standard InChI is InChI=1S/C52H38N4O8.Mn/c57-49(58)33-9-1-29(2-10-33)25-37-41-17-19-43(53-41)38(26-30-3-11-34(12-4-30)50(59)60)45-21-23-47(55-45)40(28-32-7-15-36(16-8-32)52(63)64)48-24-22-46(56-48)39(44-20-18-42(37)54-44)27-31-5-13-35(14-6-31)51(61)62;/h1-24H,25-28H2,(H6,53,54,55,56,57,58,59,60,61,62,63,64);/q;+3/p-2. The molecule has 0 saturated carbocycles. The van der Waals surface area contributed by atoms with E-state index in [1.807, 2.05) is 48.6 Å². The molecule has 0 spiro atoms. The number of benzene rings is 4. The van der Waals surface area contributed by atoms with Crippen molar-refractivity contribution in [1.82, 2.24) is 19.9 Å². The van der Waals surface area contributed by atoms with E-state index in [0.29, 0.717) is 70.5 Å². The van der Waals surface area contributed by atoms with Crippen LogP contribution >= 0.6 is 0 Å². The number of fused-ring (bicyclic) bond motifs is 8. The van der Waals surface area contributed by atoms with Crippen LogP contribution in [-0.4, -0.2) is 54.3 Å². The van der Waals surface area contributed by atoms with E-state index < -0.39 is 23.9 Å². The molecule has 0 radical (unpaired) electrons. The first-order valence-corrected chi connectivity index (χ1v) is 20.3. The van der Waals surface area contributed by atoms with Crippen molar-refractivity contribution in [2.75, 3.05) is 0 Å². The summed E-state index contributed by atoms with van der Waals surface area (Å²) in [6.07, 6.45) is 9.19. The number of carbonyl (C=O) groups is 4. The first kappa shape index (κ1) is 43.5. The van der Waals surface area contributed by atoms with Crippen molar-refractivity contribution >= 4 is 70.2 Å². The third-order valence-electron chi connectivity index (χ3n) is 11.4. The van der Waals surface area contributed by atoms with Gasteiger partial charge < -0.3 is 30.4 Å². The van der Waals surface area contributed by atoms with Crippen molar-refractivity contribution in [2.45, 2.75) is 25.7 Å². The molecule has 9 rings (SSSR count). The van der Waals surface area contributed by atoms with Gasteiger partial charge in [0.15, 0.2) is 0 Å². The van der Waals surface area contributed by atoms with Gasteiger partial charge in [0.05, 0.1) is 45.0 Å². The minimum absolute atomic E-state index is 0. The maximum atomic E-state index is 11.7. The Kier molecular flexibility index (Phi) is 12.3. The summed E-state index contributed by atoms with van der Waals surface area (Å²) >= 11 is 0. The number of nitrogens with zero attached hydrogens (tertiary/aromatic N) is 4. The summed E-state index contributed by atoms with van der Waals surface area (Å²) in [5.74, 6) is -4.10. The van der Waals surface area contributed by atoms with Gasteiger partial charge >= 0.3 is 40.9 Å². The van der Waals surface area contributed by atoms with Crippen LogP contribution in [-0.2, 0) is 42.8 Å². The number of aromatic carboxylic acids is 4. The van der Waals surface area contributed by atoms with Gasteiger partial charge in [0.25, 0.3) is 0 Å². The Bertz CT molecular complexity index is 2830. The molecule has 4 aromatic carbocycles. The van der Waals surface area contributed by atoms with Gasteiger partial charge in [-0.25, -0.2) is 29.1 Å². The SMILES string of the molecule is O=C(O)c1ccc(Cc2c3nc(c(Cc4ccc(C(=O)O)cc4)c4ccc([n-]4)c(Cc4ccc(C(=O)O)cc4)c4nc(c(Cc5ccc(C(=O)O)cc5)c5ccc2[n-]5)C=C4)C=C3)cc1.[Mn+3]. The van der Waals surface area contributed by atoms with Gasteiger partial charge in [0, 0.05) is 0 Å². The Hall–Kier alpha value is -8.12. The van der Waals surface area contributed by atoms with Crippen molar-refractivity contribution < 1.29 is 56.7 Å². The maximum Gasteiger partial charge on any atom is 3.00 e. The number of carboxylic acids is 4. The summed E-state index contributed by atoms with van der Waals surface area (Å²) in [5, 5.41) is 38.3. The van der Waals surface area contributed by atoms with Crippen LogP contribution in [0, 0.1) is 0 Å². The average molecular weight is 900 g/mol. The third kappa shape index (κ3) is 9.33. The Morgan fingerprint density at radius 1 is 0.338 bits per heavy atom. The van der Waals surface area contributed by atoms with Gasteiger partial charge in [-0.1, -0.05) is 72.8 Å². The number of carboxylic acid groups (broad SMARTS) is 4. The molecule has 0 fully saturated rings. The molecule has 4 N–H and O–H groups in total. The molecule has 5 heterocycles. The predicted octanol–water partition coefficient (Wildman–Crippen LogP) is 9.07. The quantitative estimate of drug-likeness (QED) is 0.0849. The van der Waals surface area contributed by atoms with E-state index in [-0.39, 0.29) is 39.3 Å². The summed E-state index contributed by atoms with van der Waals surface area (Å²) in [6, 6.07) is 34.5. The van der Waals surface area contributed by atoms with Crippen LogP contribution in [0.15, 0.2) is 121 Å². The molecule has 2 aliphatic rings. The second-order valence-corrected chi connectivity index (χ2v) is 15.5. The fourth-order valence-corrected chi connectivity index (χ4v) is 7.92. The molecule has 8 bridgehead atoms. The number of hydrogen-bond acceptors (Lipinski definition) is 6. The van der Waals surface area contributed by atoms with Gasteiger partial charge in [0.2, 0.25) is 0 Å². The molecular formula is C52H36MnN4O8+. The largest absolute Gasteiger partial charge is 3.00 e. The smallest absolute Gasteiger partial charge is 0.657 e. The molecule has 0 saturated heterocycles. The van der Waals surface area contributed by atoms with E-state index in [1.54, 1.807) is 97.1 Å². The van der Waals surface area contributed by atoms with Crippen LogP contribution in [0.3, 0.4) is 0 Å². The molecular weight excluding hydrogens is 864 g/mol. The van der Waals surface area contributed by atoms with Crippen molar-refractivity contribution in [1.29, 1.82) is 0 Å². The Labute approximate surface area is 381 Å². The summed E-state index contributed by atoms with van der Waals surface area (Å²) in [4.78, 5) is 67.7. The summed E-state index contributed by atoms with van der Waals surface area (Å²) in [6.45, 7) is 0. The van der Waals surface area contributed by atoms with Gasteiger partial charge in [-0.3, -0.25) is 0 Å². The molecule has 2 aliphatic heterocycles. The molecule has 7 aromatic rings. The average Bonchev–Trinajstić information content (AvgIpc) is 4.15. The van der Waals surface area contributed by atoms with Crippen LogP contribution < -0.4 is 9.97 Å². The number of aromatic nitrogens is 4. The van der Waals surface area contributed by atoms with E-state index in [4.69, 9.17) is 19.9 Å². The normalized spacial score (nSPS) is 11.6. The van der Waals surface area contributed by atoms with Crippen LogP contribution in [0.1, 0.15) is 109 Å². The number of hydrogen-bond donors (Lipinski definition) is 4. The minimum Gasteiger partial charge on any atom is -0.657 e. The van der Waals surface area contributed by atoms with Gasteiger partial charge in [-0.15, -0.1) is 22.1 Å². The van der Waals surface area contributed by atoms with E-state index in [0.717, 1.165) is 44.5 Å². The molecule has 0 atom stereocenters. The predicted molar refractivity (Wildman–Crippen MR) is 242 cm³/mol. The maximum absolute atomic E-state index is 11.7. The van der Waals surface area contributed by atoms with E-state index in [2.05, 4.69) is 0 Å². The molecule has 12 nitrogen and oxygen atoms in total. The zero-order chi connectivity index (χ0) is 44.5. The molecule has 65 heavy (non-hydrogen) atoms. The van der Waals surface area contributed by atoms with Crippen molar-refractivity contribution in [2.24, 2.45) is 0 Å². The summed E-state index contributed by atoms with van der Waals surface area (Å²) < 4.78 is 0. The summed E-state index contributed by atoms with van der Waals surface area (Å²) in [5.41, 5.74) is 12.4. The van der Waals surface area contributed by atoms with Crippen molar-refractivity contribution in [3.8, 4) is 0 Å². The molecule has 3 aromatic heterocycles. The molecule has 0 amide bonds. The molecule has 0 unspecified atom stereocenters. The first-order chi connectivity index (χ1) is 30.9. The monoisotopic (exact) mass is 899 g/mol. The van der Waals surface area contributed by atoms with E-state index in [9.17, 15) is 39.6 Å². The first-order valence-electron chi connectivity index (χ1n) is 20.3. The molecule has 13 heteroatoms. The molecule has 0 aliphatic carbocycles. The van der Waals surface area contributed by atoms with Crippen LogP contribution in [0.5, 0.6) is 0 Å². The van der Waals surface area contributed by atoms with Gasteiger partial charge in [0.1, 0.15) is 0 Å². The second kappa shape index (κ2) is 18.3. The fourth-order valence-electron chi connectivity index (χ4n) is 7.92. The zero-order valence-corrected chi connectivity index (χ0v) is 35.5. The second-order valence-electron chi connectivity index (χ2n) is 15.5. The van der Waals surface area contributed by atoms with Crippen LogP contribution in [0.2, 0.25) is 0 Å². The van der Waals surface area contributed by atoms with Gasteiger partial charge in [-0.05, 0) is 143 Å². The van der Waals surface area contributed by atoms with Crippen molar-refractivity contribution in [3.63, 3.8) is 0 Å². The van der Waals surface area contributed by atoms with Crippen LogP contribution in [0.25, 0.3) is 46.4 Å². The van der Waals surface area contributed by atoms with E-state index in [1.165, 1.54) is 0 Å². The third-order valence-corrected chi connectivity index (χ3v) is 11.4. The molecule has 318 valence electrons. The topological polar surface area (TPSA) is 203 Å². The Balaban J connectivity index is 0.00000576. The van der Waals surface area contributed by atoms with Crippen molar-refractivity contribution in [3.05, 3.63) is 211 Å². The minimum atomic E-state index is -1.03. The van der Waals surface area contributed by atoms with Gasteiger partial charge in [-0.2, -0.15) is 0 Å². The zero-order valence-electron chi connectivity index (χ0n) is 34.3. The summed E-state index contributed by atoms with van der Waals surface area (Å²) in [7, 11) is 0. The van der Waals surface area contributed by atoms with E-state index >= 15 is 0 Å². The van der Waals surface area contributed by atoms with Crippen LogP contribution in [0.4, 0.5) is 0 Å². The number of rotatable bonds is 12. The Morgan fingerprint density at radius 3 is 0.723 bits per heavy atom. The fraction of sp³-hybridized carbons (Fsp3) is 0.0769.